The molecule has 0 heterocycles. The molecule has 4 nitrogen and oxygen atoms in total. The lowest BCUT2D eigenvalue weighted by Crippen LogP contribution is -2.30. The summed E-state index contributed by atoms with van der Waals surface area (Å²) in [6.07, 6.45) is 2.94. The molecule has 0 aliphatic heterocycles. The summed E-state index contributed by atoms with van der Waals surface area (Å²) in [5.74, 6) is -0.403. The van der Waals surface area contributed by atoms with E-state index < -0.39 is 16.7 Å². The minimum atomic E-state index is -1.17. The van der Waals surface area contributed by atoms with E-state index in [9.17, 15) is 14.9 Å². The standard InChI is InChI=1S/C8H9NO3/c1-5-3-4-7(9(11)12)8(10)6(5)2/h3-4,7H,1-2H3. The molecule has 1 aliphatic carbocycles. The third-order valence-corrected chi connectivity index (χ3v) is 1.99. The van der Waals surface area contributed by atoms with Gasteiger partial charge in [-0.2, -0.15) is 0 Å². The molecule has 0 saturated heterocycles. The average Bonchev–Trinajstić information content (AvgIpc) is 2.00. The molecular weight excluding hydrogens is 158 g/mol. The smallest absolute Gasteiger partial charge is 0.286 e. The first kappa shape index (κ1) is 8.64. The first-order valence-corrected chi connectivity index (χ1v) is 3.57. The van der Waals surface area contributed by atoms with Gasteiger partial charge in [0.2, 0.25) is 5.78 Å². The van der Waals surface area contributed by atoms with Crippen molar-refractivity contribution >= 4 is 5.78 Å². The number of allylic oxidation sites excluding steroid dienone is 2. The van der Waals surface area contributed by atoms with E-state index in [1.807, 2.05) is 0 Å². The summed E-state index contributed by atoms with van der Waals surface area (Å²) in [4.78, 5) is 21.0. The number of hydrogen-bond acceptors (Lipinski definition) is 3. The van der Waals surface area contributed by atoms with Gasteiger partial charge >= 0.3 is 0 Å². The van der Waals surface area contributed by atoms with Gasteiger partial charge in [-0.3, -0.25) is 14.9 Å². The number of rotatable bonds is 1. The lowest BCUT2D eigenvalue weighted by molar-refractivity contribution is -0.494. The quantitative estimate of drug-likeness (QED) is 0.434. The zero-order chi connectivity index (χ0) is 9.30. The van der Waals surface area contributed by atoms with Crippen LogP contribution in [0.25, 0.3) is 0 Å². The maximum Gasteiger partial charge on any atom is 0.293 e. The van der Waals surface area contributed by atoms with Gasteiger partial charge < -0.3 is 0 Å². The highest BCUT2D eigenvalue weighted by molar-refractivity contribution is 6.01. The Kier molecular flexibility index (Phi) is 2.08. The minimum Gasteiger partial charge on any atom is -0.286 e. The Bertz CT molecular complexity index is 301. The van der Waals surface area contributed by atoms with Crippen LogP contribution < -0.4 is 0 Å². The highest BCUT2D eigenvalue weighted by Crippen LogP contribution is 2.16. The fourth-order valence-electron chi connectivity index (χ4n) is 1.03. The highest BCUT2D eigenvalue weighted by Gasteiger charge is 2.30. The van der Waals surface area contributed by atoms with Crippen molar-refractivity contribution in [1.29, 1.82) is 0 Å². The second-order valence-corrected chi connectivity index (χ2v) is 2.76. The molecule has 1 unspecified atom stereocenters. The van der Waals surface area contributed by atoms with Crippen molar-refractivity contribution in [1.82, 2.24) is 0 Å². The number of nitro groups is 1. The molecular formula is C8H9NO3. The van der Waals surface area contributed by atoms with Crippen LogP contribution in [0.1, 0.15) is 13.8 Å². The molecule has 0 radical (unpaired) electrons. The van der Waals surface area contributed by atoms with Gasteiger partial charge in [-0.1, -0.05) is 6.08 Å². The Morgan fingerprint density at radius 1 is 1.50 bits per heavy atom. The summed E-state index contributed by atoms with van der Waals surface area (Å²) in [5, 5.41) is 10.3. The van der Waals surface area contributed by atoms with Crippen molar-refractivity contribution in [3.05, 3.63) is 33.4 Å². The molecule has 0 spiro atoms. The largest absolute Gasteiger partial charge is 0.293 e. The molecule has 0 N–H and O–H groups in total. The maximum absolute atomic E-state index is 11.2. The van der Waals surface area contributed by atoms with E-state index in [1.54, 1.807) is 19.9 Å². The van der Waals surface area contributed by atoms with Crippen LogP contribution in [0.3, 0.4) is 0 Å². The SMILES string of the molecule is CC1=C(C)C(=O)C([N+](=O)[O-])C=C1. The second-order valence-electron chi connectivity index (χ2n) is 2.76. The molecule has 0 saturated carbocycles. The minimum absolute atomic E-state index is 0.403. The summed E-state index contributed by atoms with van der Waals surface area (Å²) < 4.78 is 0. The van der Waals surface area contributed by atoms with Crippen molar-refractivity contribution in [3.8, 4) is 0 Å². The van der Waals surface area contributed by atoms with E-state index in [-0.39, 0.29) is 0 Å². The van der Waals surface area contributed by atoms with Gasteiger partial charge in [0.1, 0.15) is 0 Å². The molecule has 1 rings (SSSR count). The maximum atomic E-state index is 11.2. The zero-order valence-electron chi connectivity index (χ0n) is 6.90. The summed E-state index contributed by atoms with van der Waals surface area (Å²) in [6.45, 7) is 3.37. The second kappa shape index (κ2) is 2.89. The molecule has 0 amide bonds. The lowest BCUT2D eigenvalue weighted by atomic mass is 9.95. The zero-order valence-corrected chi connectivity index (χ0v) is 6.90. The van der Waals surface area contributed by atoms with Crippen LogP contribution in [0.15, 0.2) is 23.3 Å². The molecule has 64 valence electrons. The summed E-state index contributed by atoms with van der Waals surface area (Å²) >= 11 is 0. The average molecular weight is 167 g/mol. The summed E-state index contributed by atoms with van der Waals surface area (Å²) in [6, 6.07) is -1.17. The normalized spacial score (nSPS) is 23.2. The summed E-state index contributed by atoms with van der Waals surface area (Å²) in [5.41, 5.74) is 1.29. The van der Waals surface area contributed by atoms with Crippen LogP contribution in [-0.2, 0) is 4.79 Å². The van der Waals surface area contributed by atoms with Gasteiger partial charge in [0.15, 0.2) is 0 Å². The van der Waals surface area contributed by atoms with Crippen molar-refractivity contribution in [2.24, 2.45) is 0 Å². The van der Waals surface area contributed by atoms with Gasteiger partial charge in [0.25, 0.3) is 6.04 Å². The first-order chi connectivity index (χ1) is 5.54. The Labute approximate surface area is 69.7 Å². The Morgan fingerprint density at radius 2 is 2.08 bits per heavy atom. The molecule has 0 aromatic rings. The fraction of sp³-hybridized carbons (Fsp3) is 0.375. The van der Waals surface area contributed by atoms with E-state index in [0.29, 0.717) is 5.57 Å². The molecule has 0 aromatic carbocycles. The van der Waals surface area contributed by atoms with Crippen LogP contribution in [0, 0.1) is 10.1 Å². The fourth-order valence-corrected chi connectivity index (χ4v) is 1.03. The van der Waals surface area contributed by atoms with Gasteiger partial charge in [-0.25, -0.2) is 0 Å². The topological polar surface area (TPSA) is 60.2 Å². The Morgan fingerprint density at radius 3 is 2.58 bits per heavy atom. The first-order valence-electron chi connectivity index (χ1n) is 3.57. The third-order valence-electron chi connectivity index (χ3n) is 1.99. The van der Waals surface area contributed by atoms with Crippen LogP contribution in [-0.4, -0.2) is 16.7 Å². The Hall–Kier alpha value is -1.45. The van der Waals surface area contributed by atoms with E-state index in [2.05, 4.69) is 0 Å². The number of hydrogen-bond donors (Lipinski definition) is 0. The highest BCUT2D eigenvalue weighted by atomic mass is 16.6. The van der Waals surface area contributed by atoms with Crippen molar-refractivity contribution in [3.63, 3.8) is 0 Å². The molecule has 0 bridgehead atoms. The summed E-state index contributed by atoms with van der Waals surface area (Å²) in [7, 11) is 0. The molecule has 0 aromatic heterocycles. The van der Waals surface area contributed by atoms with E-state index in [1.165, 1.54) is 6.08 Å². The third kappa shape index (κ3) is 1.28. The van der Waals surface area contributed by atoms with Gasteiger partial charge in [-0.15, -0.1) is 0 Å². The van der Waals surface area contributed by atoms with Gasteiger partial charge in [-0.05, 0) is 25.5 Å². The van der Waals surface area contributed by atoms with Crippen molar-refractivity contribution in [2.75, 3.05) is 0 Å². The van der Waals surface area contributed by atoms with E-state index in [0.717, 1.165) is 5.57 Å². The molecule has 1 atom stereocenters. The number of Topliss-reactive ketones (excluding diaryl/α,β-unsaturated/α-hetero) is 1. The predicted molar refractivity (Wildman–Crippen MR) is 43.3 cm³/mol. The molecule has 1 aliphatic rings. The Balaban J connectivity index is 3.01. The van der Waals surface area contributed by atoms with Crippen molar-refractivity contribution < 1.29 is 9.72 Å². The van der Waals surface area contributed by atoms with Gasteiger partial charge in [0.05, 0.1) is 0 Å². The number of carbonyl (C=O) groups excluding carboxylic acids is 1. The van der Waals surface area contributed by atoms with Crippen LogP contribution >= 0.6 is 0 Å². The van der Waals surface area contributed by atoms with E-state index in [4.69, 9.17) is 0 Å². The molecule has 0 fully saturated rings. The van der Waals surface area contributed by atoms with Crippen molar-refractivity contribution in [2.45, 2.75) is 19.9 Å². The van der Waals surface area contributed by atoms with Gasteiger partial charge in [0, 0.05) is 10.5 Å². The number of carbonyl (C=O) groups is 1. The molecule has 4 heteroatoms. The molecule has 12 heavy (non-hydrogen) atoms. The lowest BCUT2D eigenvalue weighted by Gasteiger charge is -2.10. The number of ketones is 1. The number of nitrogens with zero attached hydrogens (tertiary/aromatic N) is 1. The van der Waals surface area contributed by atoms with Crippen LogP contribution in [0.5, 0.6) is 0 Å². The monoisotopic (exact) mass is 167 g/mol. The van der Waals surface area contributed by atoms with Crippen LogP contribution in [0.4, 0.5) is 0 Å². The predicted octanol–water partition coefficient (Wildman–Crippen LogP) is 1.11. The van der Waals surface area contributed by atoms with Crippen LogP contribution in [0.2, 0.25) is 0 Å². The van der Waals surface area contributed by atoms with E-state index >= 15 is 0 Å².